The molecule has 1 aliphatic carbocycles. The molecular formula is C25H29FN4O2. The Labute approximate surface area is 187 Å². The predicted molar refractivity (Wildman–Crippen MR) is 123 cm³/mol. The van der Waals surface area contributed by atoms with E-state index >= 15 is 0 Å². The number of nitrogens with zero attached hydrogens (tertiary/aromatic N) is 3. The van der Waals surface area contributed by atoms with Crippen molar-refractivity contribution in [2.45, 2.75) is 58.9 Å². The molecular weight excluding hydrogens is 407 g/mol. The van der Waals surface area contributed by atoms with Crippen molar-refractivity contribution < 1.29 is 14.0 Å². The maximum absolute atomic E-state index is 14.7. The molecule has 2 aromatic heterocycles. The van der Waals surface area contributed by atoms with Crippen LogP contribution in [0.5, 0.6) is 0 Å². The first-order chi connectivity index (χ1) is 15.3. The van der Waals surface area contributed by atoms with Crippen molar-refractivity contribution in [3.05, 3.63) is 42.6 Å². The van der Waals surface area contributed by atoms with E-state index in [1.807, 2.05) is 24.5 Å². The zero-order valence-electron chi connectivity index (χ0n) is 18.8. The smallest absolute Gasteiger partial charge is 0.228 e. The van der Waals surface area contributed by atoms with E-state index in [1.165, 1.54) is 6.07 Å². The first kappa shape index (κ1) is 22.1. The number of benzene rings is 1. The topological polar surface area (TPSA) is 76.9 Å². The van der Waals surface area contributed by atoms with Crippen molar-refractivity contribution >= 4 is 28.5 Å². The predicted octanol–water partition coefficient (Wildman–Crippen LogP) is 5.54. The van der Waals surface area contributed by atoms with Gasteiger partial charge >= 0.3 is 0 Å². The van der Waals surface area contributed by atoms with Crippen LogP contribution in [0.3, 0.4) is 0 Å². The van der Waals surface area contributed by atoms with E-state index in [9.17, 15) is 14.0 Å². The lowest BCUT2D eigenvalue weighted by molar-refractivity contribution is -0.123. The van der Waals surface area contributed by atoms with Gasteiger partial charge in [-0.3, -0.25) is 4.79 Å². The zero-order chi connectivity index (χ0) is 22.8. The summed E-state index contributed by atoms with van der Waals surface area (Å²) in [6.45, 7) is 5.66. The highest BCUT2D eigenvalue weighted by atomic mass is 19.1. The second kappa shape index (κ2) is 9.18. The third-order valence-electron chi connectivity index (χ3n) is 6.26. The molecule has 1 fully saturated rings. The minimum atomic E-state index is -0.377. The van der Waals surface area contributed by atoms with Gasteiger partial charge in [-0.25, -0.2) is 14.4 Å². The fourth-order valence-corrected chi connectivity index (χ4v) is 4.70. The Kier molecular flexibility index (Phi) is 6.35. The molecule has 2 heterocycles. The molecule has 0 saturated heterocycles. The van der Waals surface area contributed by atoms with Crippen molar-refractivity contribution in [3.8, 4) is 11.1 Å². The molecule has 0 unspecified atom stereocenters. The van der Waals surface area contributed by atoms with E-state index in [0.717, 1.165) is 36.8 Å². The largest absolute Gasteiger partial charge is 0.328 e. The minimum absolute atomic E-state index is 0.0672. The van der Waals surface area contributed by atoms with E-state index < -0.39 is 0 Å². The maximum atomic E-state index is 14.7. The average molecular weight is 437 g/mol. The number of rotatable bonds is 6. The lowest BCUT2D eigenvalue weighted by atomic mass is 9.79. The van der Waals surface area contributed by atoms with Crippen LogP contribution in [0.4, 0.5) is 10.2 Å². The van der Waals surface area contributed by atoms with Crippen molar-refractivity contribution in [3.63, 3.8) is 0 Å². The number of aromatic nitrogens is 3. The number of halogens is 1. The van der Waals surface area contributed by atoms with Crippen LogP contribution in [0.15, 0.2) is 36.8 Å². The number of carbonyl (C=O) groups excluding carboxylic acids is 2. The molecule has 1 N–H and O–H groups in total. The Morgan fingerprint density at radius 1 is 1.19 bits per heavy atom. The summed E-state index contributed by atoms with van der Waals surface area (Å²) in [5.41, 5.74) is 2.55. The van der Waals surface area contributed by atoms with Crippen LogP contribution in [0.25, 0.3) is 22.2 Å². The Hall–Kier alpha value is -3.09. The molecule has 1 aliphatic rings. The van der Waals surface area contributed by atoms with Gasteiger partial charge < -0.3 is 14.7 Å². The molecule has 32 heavy (non-hydrogen) atoms. The number of carbonyl (C=O) groups is 2. The highest BCUT2D eigenvalue weighted by Gasteiger charge is 2.28. The monoisotopic (exact) mass is 436 g/mol. The van der Waals surface area contributed by atoms with Crippen LogP contribution < -0.4 is 5.32 Å². The number of amides is 1. The molecule has 3 aromatic rings. The quantitative estimate of drug-likeness (QED) is 0.550. The van der Waals surface area contributed by atoms with Gasteiger partial charge in [0.05, 0.1) is 11.8 Å². The number of nitrogens with one attached hydrogen (secondary N) is 1. The molecule has 0 bridgehead atoms. The van der Waals surface area contributed by atoms with Crippen LogP contribution in [0, 0.1) is 17.7 Å². The minimum Gasteiger partial charge on any atom is -0.328 e. The first-order valence-electron chi connectivity index (χ1n) is 11.2. The van der Waals surface area contributed by atoms with Gasteiger partial charge in [-0.1, -0.05) is 6.42 Å². The summed E-state index contributed by atoms with van der Waals surface area (Å²) in [5, 5.41) is 2.93. The number of hydrogen-bond donors (Lipinski definition) is 1. The number of hydrogen-bond acceptors (Lipinski definition) is 4. The molecule has 6 nitrogen and oxygen atoms in total. The maximum Gasteiger partial charge on any atom is 0.228 e. The van der Waals surface area contributed by atoms with E-state index in [-0.39, 0.29) is 35.4 Å². The SMILES string of the molecule is CC(=O)C[C@@H]1CCC[C@H](C(=O)Nc2cc(-c3cc(F)c4ncn(C(C)C)c4c3)ccn2)C1. The Balaban J connectivity index is 1.54. The van der Waals surface area contributed by atoms with Crippen molar-refractivity contribution in [2.24, 2.45) is 11.8 Å². The van der Waals surface area contributed by atoms with E-state index in [1.54, 1.807) is 31.6 Å². The number of ketones is 1. The lowest BCUT2D eigenvalue weighted by Gasteiger charge is -2.27. The van der Waals surface area contributed by atoms with Crippen molar-refractivity contribution in [2.75, 3.05) is 5.32 Å². The fourth-order valence-electron chi connectivity index (χ4n) is 4.70. The Morgan fingerprint density at radius 3 is 2.75 bits per heavy atom. The number of anilines is 1. The molecule has 1 amide bonds. The van der Waals surface area contributed by atoms with Crippen molar-refractivity contribution in [1.82, 2.24) is 14.5 Å². The lowest BCUT2D eigenvalue weighted by Crippen LogP contribution is -2.29. The summed E-state index contributed by atoms with van der Waals surface area (Å²) in [7, 11) is 0. The summed E-state index contributed by atoms with van der Waals surface area (Å²) in [5.74, 6) is 0.331. The molecule has 1 aromatic carbocycles. The zero-order valence-corrected chi connectivity index (χ0v) is 18.8. The third-order valence-corrected chi connectivity index (χ3v) is 6.26. The van der Waals surface area contributed by atoms with E-state index in [4.69, 9.17) is 0 Å². The van der Waals surface area contributed by atoms with Gasteiger partial charge in [-0.2, -0.15) is 0 Å². The molecule has 7 heteroatoms. The molecule has 168 valence electrons. The summed E-state index contributed by atoms with van der Waals surface area (Å²) < 4.78 is 16.6. The van der Waals surface area contributed by atoms with Gasteiger partial charge in [0, 0.05) is 24.6 Å². The van der Waals surface area contributed by atoms with Gasteiger partial charge in [-0.15, -0.1) is 0 Å². The van der Waals surface area contributed by atoms with Crippen LogP contribution in [-0.2, 0) is 9.59 Å². The summed E-state index contributed by atoms with van der Waals surface area (Å²) >= 11 is 0. The highest BCUT2D eigenvalue weighted by Crippen LogP contribution is 2.33. The Morgan fingerprint density at radius 2 is 2.00 bits per heavy atom. The van der Waals surface area contributed by atoms with Crippen LogP contribution >= 0.6 is 0 Å². The molecule has 2 atom stereocenters. The molecule has 0 spiro atoms. The standard InChI is InChI=1S/C25H29FN4O2/c1-15(2)30-14-28-24-21(26)11-20(12-22(24)30)18-7-8-27-23(13-18)29-25(32)19-6-4-5-17(10-19)9-16(3)31/h7-8,11-15,17,19H,4-6,9-10H2,1-3H3,(H,27,29,32)/t17-,19-/m0/s1. The Bertz CT molecular complexity index is 1150. The second-order valence-corrected chi connectivity index (χ2v) is 9.13. The van der Waals surface area contributed by atoms with Gasteiger partial charge in [0.1, 0.15) is 17.1 Å². The fraction of sp³-hybridized carbons (Fsp3) is 0.440. The van der Waals surface area contributed by atoms with Crippen LogP contribution in [0.1, 0.15) is 58.9 Å². The first-order valence-corrected chi connectivity index (χ1v) is 11.2. The van der Waals surface area contributed by atoms with E-state index in [0.29, 0.717) is 23.3 Å². The van der Waals surface area contributed by atoms with Crippen LogP contribution in [-0.4, -0.2) is 26.2 Å². The second-order valence-electron chi connectivity index (χ2n) is 9.13. The number of fused-ring (bicyclic) bond motifs is 1. The third kappa shape index (κ3) is 4.71. The molecule has 4 rings (SSSR count). The average Bonchev–Trinajstić information content (AvgIpc) is 3.19. The van der Waals surface area contributed by atoms with Gasteiger partial charge in [0.25, 0.3) is 0 Å². The highest BCUT2D eigenvalue weighted by molar-refractivity contribution is 5.92. The summed E-state index contributed by atoms with van der Waals surface area (Å²) in [4.78, 5) is 32.8. The normalized spacial score (nSPS) is 18.8. The molecule has 0 aliphatic heterocycles. The molecule has 0 radical (unpaired) electrons. The summed E-state index contributed by atoms with van der Waals surface area (Å²) in [6.07, 6.45) is 7.31. The summed E-state index contributed by atoms with van der Waals surface area (Å²) in [6, 6.07) is 7.11. The number of pyridine rings is 1. The van der Waals surface area contributed by atoms with E-state index in [2.05, 4.69) is 15.3 Å². The van der Waals surface area contributed by atoms with Gasteiger partial charge in [-0.05, 0) is 81.3 Å². The molecule has 1 saturated carbocycles. The van der Waals surface area contributed by atoms with Gasteiger partial charge in [0.15, 0.2) is 5.82 Å². The number of imidazole rings is 1. The van der Waals surface area contributed by atoms with Gasteiger partial charge in [0.2, 0.25) is 5.91 Å². The number of Topliss-reactive ketones (excluding diaryl/α,β-unsaturated/α-hetero) is 1. The van der Waals surface area contributed by atoms with Crippen LogP contribution in [0.2, 0.25) is 0 Å². The van der Waals surface area contributed by atoms with Crippen molar-refractivity contribution in [1.29, 1.82) is 0 Å².